The van der Waals surface area contributed by atoms with Crippen LogP contribution < -0.4 is 5.73 Å². The zero-order chi connectivity index (χ0) is 15.6. The smallest absolute Gasteiger partial charge is 0.410 e. The molecule has 2 fully saturated rings. The monoisotopic (exact) mass is 297 g/mol. The first-order valence-corrected chi connectivity index (χ1v) is 7.79. The summed E-state index contributed by atoms with van der Waals surface area (Å²) >= 11 is 0. The molecule has 2 N–H and O–H groups in total. The van der Waals surface area contributed by atoms with Crippen LogP contribution in [-0.4, -0.2) is 59.1 Å². The van der Waals surface area contributed by atoms with Crippen molar-refractivity contribution in [2.45, 2.75) is 64.1 Å². The van der Waals surface area contributed by atoms with Crippen molar-refractivity contribution in [3.8, 4) is 0 Å². The van der Waals surface area contributed by atoms with Gasteiger partial charge in [-0.05, 0) is 40.0 Å². The van der Waals surface area contributed by atoms with E-state index in [4.69, 9.17) is 10.5 Å². The number of nitrogens with zero attached hydrogens (tertiary/aromatic N) is 2. The molecule has 2 saturated heterocycles. The van der Waals surface area contributed by atoms with Gasteiger partial charge in [-0.1, -0.05) is 0 Å². The largest absolute Gasteiger partial charge is 0.444 e. The number of rotatable bonds is 1. The Balaban J connectivity index is 2.01. The Labute approximate surface area is 126 Å². The van der Waals surface area contributed by atoms with Gasteiger partial charge in [0.25, 0.3) is 0 Å². The summed E-state index contributed by atoms with van der Waals surface area (Å²) in [4.78, 5) is 27.9. The average Bonchev–Trinajstić information content (AvgIpc) is 2.58. The van der Waals surface area contributed by atoms with Crippen molar-refractivity contribution >= 4 is 12.0 Å². The minimum Gasteiger partial charge on any atom is -0.444 e. The van der Waals surface area contributed by atoms with Crippen molar-refractivity contribution < 1.29 is 14.3 Å². The molecule has 2 amide bonds. The van der Waals surface area contributed by atoms with Gasteiger partial charge in [0, 0.05) is 38.1 Å². The highest BCUT2D eigenvalue weighted by molar-refractivity contribution is 5.79. The molecule has 0 saturated carbocycles. The Morgan fingerprint density at radius 2 is 2.00 bits per heavy atom. The van der Waals surface area contributed by atoms with Gasteiger partial charge in [0.05, 0.1) is 0 Å². The van der Waals surface area contributed by atoms with Gasteiger partial charge in [-0.2, -0.15) is 0 Å². The lowest BCUT2D eigenvalue weighted by molar-refractivity contribution is -0.130. The molecular weight excluding hydrogens is 270 g/mol. The van der Waals surface area contributed by atoms with Crippen LogP contribution >= 0.6 is 0 Å². The van der Waals surface area contributed by atoms with Crippen molar-refractivity contribution in [2.24, 2.45) is 5.73 Å². The molecule has 0 spiro atoms. The summed E-state index contributed by atoms with van der Waals surface area (Å²) in [5, 5.41) is 0. The third-order valence-electron chi connectivity index (χ3n) is 3.93. The van der Waals surface area contributed by atoms with E-state index in [9.17, 15) is 9.59 Å². The first-order chi connectivity index (χ1) is 9.76. The highest BCUT2D eigenvalue weighted by atomic mass is 16.6. The molecule has 120 valence electrons. The van der Waals surface area contributed by atoms with Gasteiger partial charge in [0.15, 0.2) is 0 Å². The topological polar surface area (TPSA) is 75.9 Å². The predicted molar refractivity (Wildman–Crippen MR) is 79.8 cm³/mol. The second-order valence-corrected chi connectivity index (χ2v) is 7.09. The summed E-state index contributed by atoms with van der Waals surface area (Å²) < 4.78 is 5.45. The van der Waals surface area contributed by atoms with Gasteiger partial charge < -0.3 is 20.3 Å². The van der Waals surface area contributed by atoms with Crippen LogP contribution in [0.15, 0.2) is 0 Å². The summed E-state index contributed by atoms with van der Waals surface area (Å²) in [7, 11) is 0. The van der Waals surface area contributed by atoms with E-state index in [2.05, 4.69) is 0 Å². The molecule has 0 radical (unpaired) electrons. The lowest BCUT2D eigenvalue weighted by Crippen LogP contribution is -2.47. The van der Waals surface area contributed by atoms with Crippen LogP contribution in [0.5, 0.6) is 0 Å². The molecule has 2 atom stereocenters. The Bertz CT molecular complexity index is 405. The number of ether oxygens (including phenoxy) is 1. The van der Waals surface area contributed by atoms with Crippen molar-refractivity contribution in [1.29, 1.82) is 0 Å². The second kappa shape index (κ2) is 6.22. The van der Waals surface area contributed by atoms with Gasteiger partial charge in [-0.15, -0.1) is 0 Å². The van der Waals surface area contributed by atoms with Crippen LogP contribution in [0.4, 0.5) is 4.79 Å². The maximum atomic E-state index is 12.2. The molecule has 2 heterocycles. The minimum absolute atomic E-state index is 0.0704. The molecule has 2 unspecified atom stereocenters. The Hall–Kier alpha value is -1.30. The fraction of sp³-hybridized carbons (Fsp3) is 0.867. The van der Waals surface area contributed by atoms with E-state index >= 15 is 0 Å². The summed E-state index contributed by atoms with van der Waals surface area (Å²) in [6.07, 6.45) is 3.03. The molecule has 0 aromatic rings. The Morgan fingerprint density at radius 3 is 2.57 bits per heavy atom. The zero-order valence-corrected chi connectivity index (χ0v) is 13.3. The first-order valence-electron chi connectivity index (χ1n) is 7.79. The lowest BCUT2D eigenvalue weighted by atomic mass is 10.1. The van der Waals surface area contributed by atoms with Crippen molar-refractivity contribution in [3.63, 3.8) is 0 Å². The van der Waals surface area contributed by atoms with E-state index in [1.807, 2.05) is 25.7 Å². The summed E-state index contributed by atoms with van der Waals surface area (Å²) in [5.74, 6) is 0.110. The highest BCUT2D eigenvalue weighted by Gasteiger charge is 2.35. The van der Waals surface area contributed by atoms with Gasteiger partial charge in [0.1, 0.15) is 5.60 Å². The molecule has 0 aromatic carbocycles. The van der Waals surface area contributed by atoms with Gasteiger partial charge in [-0.3, -0.25) is 4.79 Å². The molecule has 0 bridgehead atoms. The van der Waals surface area contributed by atoms with E-state index in [0.717, 1.165) is 19.3 Å². The molecule has 2 aliphatic rings. The van der Waals surface area contributed by atoms with Crippen LogP contribution in [0.25, 0.3) is 0 Å². The molecule has 2 rings (SSSR count). The van der Waals surface area contributed by atoms with Gasteiger partial charge in [-0.25, -0.2) is 4.79 Å². The predicted octanol–water partition coefficient (Wildman–Crippen LogP) is 1.34. The molecule has 2 aliphatic heterocycles. The van der Waals surface area contributed by atoms with Crippen LogP contribution in [0.1, 0.15) is 46.5 Å². The van der Waals surface area contributed by atoms with E-state index in [-0.39, 0.29) is 24.1 Å². The zero-order valence-electron chi connectivity index (χ0n) is 13.3. The van der Waals surface area contributed by atoms with Crippen LogP contribution in [0.2, 0.25) is 0 Å². The first kappa shape index (κ1) is 16.1. The molecule has 6 nitrogen and oxygen atoms in total. The fourth-order valence-electron chi connectivity index (χ4n) is 2.98. The van der Waals surface area contributed by atoms with E-state index in [1.165, 1.54) is 0 Å². The number of carbonyl (C=O) groups excluding carboxylic acids is 2. The number of carbonyl (C=O) groups is 2. The molecule has 0 aromatic heterocycles. The molecular formula is C15H27N3O3. The van der Waals surface area contributed by atoms with Crippen LogP contribution in [0.3, 0.4) is 0 Å². The quantitative estimate of drug-likeness (QED) is 0.792. The standard InChI is InChI=1S/C15H27N3O3/c1-15(2,3)21-14(20)17-7-5-4-6-12(10-17)18-9-11(16)8-13(18)19/h11-12H,4-10,16H2,1-3H3. The van der Waals surface area contributed by atoms with Gasteiger partial charge >= 0.3 is 6.09 Å². The summed E-state index contributed by atoms with van der Waals surface area (Å²) in [5.41, 5.74) is 5.38. The maximum Gasteiger partial charge on any atom is 0.410 e. The van der Waals surface area contributed by atoms with Crippen molar-refractivity contribution in [2.75, 3.05) is 19.6 Å². The average molecular weight is 297 g/mol. The molecule has 6 heteroatoms. The van der Waals surface area contributed by atoms with Crippen LogP contribution in [-0.2, 0) is 9.53 Å². The van der Waals surface area contributed by atoms with Crippen LogP contribution in [0, 0.1) is 0 Å². The Morgan fingerprint density at radius 1 is 1.29 bits per heavy atom. The number of hydrogen-bond donors (Lipinski definition) is 1. The van der Waals surface area contributed by atoms with Crippen molar-refractivity contribution in [1.82, 2.24) is 9.80 Å². The van der Waals surface area contributed by atoms with E-state index < -0.39 is 5.60 Å². The summed E-state index contributed by atoms with van der Waals surface area (Å²) in [6, 6.07) is -0.00296. The van der Waals surface area contributed by atoms with Gasteiger partial charge in [0.2, 0.25) is 5.91 Å². The van der Waals surface area contributed by atoms with E-state index in [0.29, 0.717) is 26.1 Å². The number of likely N-dealkylation sites (tertiary alicyclic amines) is 2. The number of amides is 2. The third kappa shape index (κ3) is 4.33. The molecule has 0 aliphatic carbocycles. The minimum atomic E-state index is -0.495. The fourth-order valence-corrected chi connectivity index (χ4v) is 2.98. The number of nitrogens with two attached hydrogens (primary N) is 1. The molecule has 21 heavy (non-hydrogen) atoms. The summed E-state index contributed by atoms with van der Waals surface area (Å²) in [6.45, 7) is 7.44. The van der Waals surface area contributed by atoms with Crippen molar-refractivity contribution in [3.05, 3.63) is 0 Å². The second-order valence-electron chi connectivity index (χ2n) is 7.09. The normalized spacial score (nSPS) is 27.7. The third-order valence-corrected chi connectivity index (χ3v) is 3.93. The van der Waals surface area contributed by atoms with E-state index in [1.54, 1.807) is 4.90 Å². The lowest BCUT2D eigenvalue weighted by Gasteiger charge is -2.32. The maximum absolute atomic E-state index is 12.2. The Kier molecular flexibility index (Phi) is 4.76. The SMILES string of the molecule is CC(C)(C)OC(=O)N1CCCCC(N2CC(N)CC2=O)C1. The number of hydrogen-bond acceptors (Lipinski definition) is 4. The highest BCUT2D eigenvalue weighted by Crippen LogP contribution is 2.22.